The smallest absolute Gasteiger partial charge is 0.152 e. The standard InChI is InChI=1S/C15H14Cl3NO/c1-2-14(9-4-3-5-10(16)6-9)19-11-7-12(17)15(20)13(18)8-11/h3-8,14,19-20H,2H2,1H3. The van der Waals surface area contributed by atoms with Crippen LogP contribution >= 0.6 is 34.8 Å². The molecule has 0 aliphatic carbocycles. The van der Waals surface area contributed by atoms with Gasteiger partial charge in [0.15, 0.2) is 5.75 Å². The number of hydrogen-bond donors (Lipinski definition) is 2. The van der Waals surface area contributed by atoms with Gasteiger partial charge in [-0.2, -0.15) is 0 Å². The van der Waals surface area contributed by atoms with Crippen molar-refractivity contribution in [2.45, 2.75) is 19.4 Å². The van der Waals surface area contributed by atoms with Gasteiger partial charge < -0.3 is 10.4 Å². The van der Waals surface area contributed by atoms with Gasteiger partial charge in [-0.3, -0.25) is 0 Å². The molecule has 5 heteroatoms. The van der Waals surface area contributed by atoms with E-state index in [0.29, 0.717) is 5.02 Å². The molecule has 1 unspecified atom stereocenters. The molecule has 0 spiro atoms. The number of phenols is 1. The first kappa shape index (κ1) is 15.3. The lowest BCUT2D eigenvalue weighted by Gasteiger charge is -2.19. The molecule has 1 atom stereocenters. The van der Waals surface area contributed by atoms with Crippen molar-refractivity contribution >= 4 is 40.5 Å². The van der Waals surface area contributed by atoms with Crippen molar-refractivity contribution in [1.29, 1.82) is 0 Å². The minimum absolute atomic E-state index is 0.0883. The normalized spacial score (nSPS) is 12.2. The summed E-state index contributed by atoms with van der Waals surface area (Å²) in [5.74, 6) is -0.102. The van der Waals surface area contributed by atoms with E-state index in [4.69, 9.17) is 34.8 Å². The molecule has 0 amide bonds. The molecule has 2 aromatic carbocycles. The highest BCUT2D eigenvalue weighted by Crippen LogP contribution is 2.36. The first-order chi connectivity index (χ1) is 9.51. The summed E-state index contributed by atoms with van der Waals surface area (Å²) < 4.78 is 0. The second kappa shape index (κ2) is 6.57. The van der Waals surface area contributed by atoms with Gasteiger partial charge in [-0.15, -0.1) is 0 Å². The van der Waals surface area contributed by atoms with Gasteiger partial charge in [-0.05, 0) is 36.2 Å². The molecule has 0 saturated carbocycles. The summed E-state index contributed by atoms with van der Waals surface area (Å²) in [7, 11) is 0. The topological polar surface area (TPSA) is 32.3 Å². The number of hydrogen-bond acceptors (Lipinski definition) is 2. The Morgan fingerprint density at radius 1 is 1.10 bits per heavy atom. The fourth-order valence-electron chi connectivity index (χ4n) is 1.99. The zero-order valence-electron chi connectivity index (χ0n) is 10.8. The third-order valence-electron chi connectivity index (χ3n) is 3.02. The monoisotopic (exact) mass is 329 g/mol. The Kier molecular flexibility index (Phi) is 5.03. The average molecular weight is 331 g/mol. The van der Waals surface area contributed by atoms with E-state index in [9.17, 15) is 5.11 Å². The number of rotatable bonds is 4. The van der Waals surface area contributed by atoms with Crippen molar-refractivity contribution in [2.75, 3.05) is 5.32 Å². The molecule has 2 aromatic rings. The lowest BCUT2D eigenvalue weighted by atomic mass is 10.0. The highest BCUT2D eigenvalue weighted by molar-refractivity contribution is 6.37. The van der Waals surface area contributed by atoms with Crippen LogP contribution in [0.3, 0.4) is 0 Å². The number of anilines is 1. The maximum atomic E-state index is 9.57. The van der Waals surface area contributed by atoms with Crippen molar-refractivity contribution < 1.29 is 5.11 Å². The van der Waals surface area contributed by atoms with E-state index in [1.165, 1.54) is 0 Å². The number of halogens is 3. The van der Waals surface area contributed by atoms with Crippen LogP contribution in [0.15, 0.2) is 36.4 Å². The minimum atomic E-state index is -0.102. The SMILES string of the molecule is CCC(Nc1cc(Cl)c(O)c(Cl)c1)c1cccc(Cl)c1. The molecular weight excluding hydrogens is 317 g/mol. The lowest BCUT2D eigenvalue weighted by molar-refractivity contribution is 0.476. The Hall–Kier alpha value is -1.09. The number of aromatic hydroxyl groups is 1. The Morgan fingerprint density at radius 3 is 2.30 bits per heavy atom. The van der Waals surface area contributed by atoms with E-state index in [1.54, 1.807) is 12.1 Å². The predicted molar refractivity (Wildman–Crippen MR) is 86.2 cm³/mol. The molecule has 2 rings (SSSR count). The summed E-state index contributed by atoms with van der Waals surface area (Å²) in [5.41, 5.74) is 1.84. The molecule has 106 valence electrons. The van der Waals surface area contributed by atoms with E-state index < -0.39 is 0 Å². The Morgan fingerprint density at radius 2 is 1.75 bits per heavy atom. The fraction of sp³-hybridized carbons (Fsp3) is 0.200. The highest BCUT2D eigenvalue weighted by atomic mass is 35.5. The molecule has 0 aliphatic rings. The molecule has 0 heterocycles. The molecule has 0 fully saturated rings. The van der Waals surface area contributed by atoms with Gasteiger partial charge in [0, 0.05) is 10.7 Å². The van der Waals surface area contributed by atoms with Gasteiger partial charge in [0.1, 0.15) is 0 Å². The Labute approximate surface area is 133 Å². The number of nitrogens with one attached hydrogen (secondary N) is 1. The van der Waals surface area contributed by atoms with Crippen molar-refractivity contribution in [3.8, 4) is 5.75 Å². The van der Waals surface area contributed by atoms with Gasteiger partial charge >= 0.3 is 0 Å². The first-order valence-corrected chi connectivity index (χ1v) is 7.34. The van der Waals surface area contributed by atoms with Crippen molar-refractivity contribution in [3.05, 3.63) is 57.0 Å². The summed E-state index contributed by atoms with van der Waals surface area (Å²) >= 11 is 17.9. The van der Waals surface area contributed by atoms with E-state index >= 15 is 0 Å². The van der Waals surface area contributed by atoms with E-state index in [1.807, 2.05) is 24.3 Å². The molecule has 2 N–H and O–H groups in total. The van der Waals surface area contributed by atoms with Gasteiger partial charge in [0.05, 0.1) is 16.1 Å². The van der Waals surface area contributed by atoms with Gasteiger partial charge in [-0.25, -0.2) is 0 Å². The number of benzene rings is 2. The van der Waals surface area contributed by atoms with Crippen LogP contribution in [-0.4, -0.2) is 5.11 Å². The molecule has 0 aromatic heterocycles. The molecule has 2 nitrogen and oxygen atoms in total. The summed E-state index contributed by atoms with van der Waals surface area (Å²) in [4.78, 5) is 0. The van der Waals surface area contributed by atoms with Crippen molar-refractivity contribution in [3.63, 3.8) is 0 Å². The molecule has 0 saturated heterocycles. The van der Waals surface area contributed by atoms with Crippen molar-refractivity contribution in [1.82, 2.24) is 0 Å². The first-order valence-electron chi connectivity index (χ1n) is 6.21. The van der Waals surface area contributed by atoms with E-state index in [-0.39, 0.29) is 21.8 Å². The summed E-state index contributed by atoms with van der Waals surface area (Å²) in [6.45, 7) is 2.07. The second-order valence-electron chi connectivity index (χ2n) is 4.45. The van der Waals surface area contributed by atoms with Crippen LogP contribution in [0.2, 0.25) is 15.1 Å². The molecule has 0 aliphatic heterocycles. The predicted octanol–water partition coefficient (Wildman–Crippen LogP) is 5.92. The Bertz CT molecular complexity index is 593. The van der Waals surface area contributed by atoms with Crippen LogP contribution in [0, 0.1) is 0 Å². The van der Waals surface area contributed by atoms with Crippen LogP contribution in [0.25, 0.3) is 0 Å². The summed E-state index contributed by atoms with van der Waals surface area (Å²) in [6.07, 6.45) is 0.871. The average Bonchev–Trinajstić information content (AvgIpc) is 2.42. The lowest BCUT2D eigenvalue weighted by Crippen LogP contribution is -2.09. The maximum Gasteiger partial charge on any atom is 0.152 e. The van der Waals surface area contributed by atoms with Crippen molar-refractivity contribution in [2.24, 2.45) is 0 Å². The van der Waals surface area contributed by atoms with Crippen LogP contribution in [0.5, 0.6) is 5.75 Å². The fourth-order valence-corrected chi connectivity index (χ4v) is 2.68. The molecular formula is C15H14Cl3NO. The van der Waals surface area contributed by atoms with Gasteiger partial charge in [0.2, 0.25) is 0 Å². The zero-order valence-corrected chi connectivity index (χ0v) is 13.1. The minimum Gasteiger partial charge on any atom is -0.505 e. The van der Waals surface area contributed by atoms with Crippen LogP contribution < -0.4 is 5.32 Å². The second-order valence-corrected chi connectivity index (χ2v) is 5.70. The van der Waals surface area contributed by atoms with Crippen LogP contribution in [0.1, 0.15) is 24.9 Å². The summed E-state index contributed by atoms with van der Waals surface area (Å²) in [5, 5.41) is 14.1. The molecule has 0 bridgehead atoms. The highest BCUT2D eigenvalue weighted by Gasteiger charge is 2.12. The third kappa shape index (κ3) is 3.51. The van der Waals surface area contributed by atoms with E-state index in [2.05, 4.69) is 12.2 Å². The maximum absolute atomic E-state index is 9.57. The zero-order chi connectivity index (χ0) is 14.7. The molecule has 0 radical (unpaired) electrons. The Balaban J connectivity index is 2.27. The van der Waals surface area contributed by atoms with Crippen LogP contribution in [-0.2, 0) is 0 Å². The summed E-state index contributed by atoms with van der Waals surface area (Å²) in [6, 6.07) is 11.1. The van der Waals surface area contributed by atoms with E-state index in [0.717, 1.165) is 17.7 Å². The number of phenolic OH excluding ortho intramolecular Hbond substituents is 1. The van der Waals surface area contributed by atoms with Gasteiger partial charge in [0.25, 0.3) is 0 Å². The third-order valence-corrected chi connectivity index (χ3v) is 3.83. The van der Waals surface area contributed by atoms with Crippen LogP contribution in [0.4, 0.5) is 5.69 Å². The van der Waals surface area contributed by atoms with Gasteiger partial charge in [-0.1, -0.05) is 53.9 Å². The largest absolute Gasteiger partial charge is 0.505 e. The molecule has 20 heavy (non-hydrogen) atoms. The quantitative estimate of drug-likeness (QED) is 0.682.